The number of benzene rings is 1. The van der Waals surface area contributed by atoms with Crippen molar-refractivity contribution in [3.63, 3.8) is 0 Å². The molecule has 9 heteroatoms. The lowest BCUT2D eigenvalue weighted by molar-refractivity contribution is -0.138. The van der Waals surface area contributed by atoms with E-state index >= 15 is 0 Å². The fraction of sp³-hybridized carbons (Fsp3) is 0.679. The molecule has 37 heavy (non-hydrogen) atoms. The van der Waals surface area contributed by atoms with Gasteiger partial charge in [0.05, 0.1) is 13.2 Å². The molecule has 0 aliphatic carbocycles. The van der Waals surface area contributed by atoms with Crippen molar-refractivity contribution in [1.29, 1.82) is 0 Å². The predicted molar refractivity (Wildman–Crippen MR) is 138 cm³/mol. The summed E-state index contributed by atoms with van der Waals surface area (Å²) in [4.78, 5) is 43.2. The Bertz CT molecular complexity index is 944. The van der Waals surface area contributed by atoms with Gasteiger partial charge in [0, 0.05) is 26.3 Å². The topological polar surface area (TPSA) is 97.4 Å². The molecule has 204 valence electrons. The van der Waals surface area contributed by atoms with Crippen LogP contribution < -0.4 is 5.32 Å². The molecule has 0 saturated carbocycles. The number of amides is 2. The number of ether oxygens (including phenoxy) is 3. The maximum atomic E-state index is 13.6. The third kappa shape index (κ3) is 6.39. The fourth-order valence-electron chi connectivity index (χ4n) is 5.80. The number of fused-ring (bicyclic) bond motifs is 1. The highest BCUT2D eigenvalue weighted by molar-refractivity contribution is 5.99. The first-order chi connectivity index (χ1) is 17.8. The van der Waals surface area contributed by atoms with Crippen molar-refractivity contribution in [2.24, 2.45) is 5.92 Å². The number of Topliss-reactive ketones (excluding diaryl/α,β-unsaturated/α-hetero) is 1. The molecular weight excluding hydrogens is 474 g/mol. The van der Waals surface area contributed by atoms with Crippen molar-refractivity contribution >= 4 is 17.6 Å². The highest BCUT2D eigenvalue weighted by Crippen LogP contribution is 2.31. The molecule has 3 aliphatic heterocycles. The standard InChI is InChI=1S/C28H41N3O6/c1-18(2)15-22(28(34)31-16-24(36-4)26-25(31)23(32)17-37-26)29-27(33)21-7-5-19(6-8-21)20-9-11-30(12-10-20)13-14-35-3/h5-8,18,20,22,24-26H,9-17H2,1-4H3,(H,29,33)/t22?,24-,25-,26-/m1/s1. The Morgan fingerprint density at radius 2 is 1.84 bits per heavy atom. The molecule has 0 aromatic heterocycles. The normalized spacial score (nSPS) is 25.5. The van der Waals surface area contributed by atoms with Crippen LogP contribution in [0.2, 0.25) is 0 Å². The first-order valence-corrected chi connectivity index (χ1v) is 13.4. The molecule has 3 fully saturated rings. The average Bonchev–Trinajstić information content (AvgIpc) is 3.47. The van der Waals surface area contributed by atoms with Gasteiger partial charge >= 0.3 is 0 Å². The van der Waals surface area contributed by atoms with Crippen LogP contribution in [0.4, 0.5) is 0 Å². The minimum absolute atomic E-state index is 0.0152. The van der Waals surface area contributed by atoms with E-state index in [-0.39, 0.29) is 42.8 Å². The van der Waals surface area contributed by atoms with Crippen LogP contribution in [0.5, 0.6) is 0 Å². The van der Waals surface area contributed by atoms with E-state index in [4.69, 9.17) is 14.2 Å². The van der Waals surface area contributed by atoms with Crippen LogP contribution in [0.3, 0.4) is 0 Å². The second-order valence-electron chi connectivity index (χ2n) is 10.8. The summed E-state index contributed by atoms with van der Waals surface area (Å²) in [6.45, 7) is 8.09. The molecule has 9 nitrogen and oxygen atoms in total. The Labute approximate surface area is 219 Å². The van der Waals surface area contributed by atoms with E-state index in [9.17, 15) is 14.4 Å². The average molecular weight is 516 g/mol. The lowest BCUT2D eigenvalue weighted by Crippen LogP contribution is -2.52. The maximum absolute atomic E-state index is 13.6. The molecule has 1 aromatic carbocycles. The molecule has 3 aliphatic rings. The van der Waals surface area contributed by atoms with E-state index in [1.54, 1.807) is 19.1 Å². The molecule has 4 atom stereocenters. The van der Waals surface area contributed by atoms with Crippen LogP contribution in [0, 0.1) is 5.92 Å². The van der Waals surface area contributed by atoms with Gasteiger partial charge in [0.15, 0.2) is 5.78 Å². The van der Waals surface area contributed by atoms with Gasteiger partial charge in [-0.15, -0.1) is 0 Å². The summed E-state index contributed by atoms with van der Waals surface area (Å²) in [5.74, 6) is 0.000588. The number of hydrogen-bond acceptors (Lipinski definition) is 7. The molecule has 0 spiro atoms. The second kappa shape index (κ2) is 12.5. The second-order valence-corrected chi connectivity index (χ2v) is 10.8. The minimum atomic E-state index is -0.728. The first-order valence-electron chi connectivity index (χ1n) is 13.4. The zero-order valence-electron chi connectivity index (χ0n) is 22.5. The Hall–Kier alpha value is -2.33. The number of likely N-dealkylation sites (tertiary alicyclic amines) is 2. The number of rotatable bonds is 10. The third-order valence-corrected chi connectivity index (χ3v) is 7.88. The Kier molecular flexibility index (Phi) is 9.34. The highest BCUT2D eigenvalue weighted by atomic mass is 16.5. The van der Waals surface area contributed by atoms with E-state index < -0.39 is 18.2 Å². The third-order valence-electron chi connectivity index (χ3n) is 7.88. The fourth-order valence-corrected chi connectivity index (χ4v) is 5.80. The largest absolute Gasteiger partial charge is 0.383 e. The van der Waals surface area contributed by atoms with Crippen LogP contribution in [-0.2, 0) is 23.8 Å². The van der Waals surface area contributed by atoms with Gasteiger partial charge in [-0.1, -0.05) is 26.0 Å². The van der Waals surface area contributed by atoms with Crippen LogP contribution in [0.25, 0.3) is 0 Å². The molecule has 4 rings (SSSR count). The number of nitrogens with zero attached hydrogens (tertiary/aromatic N) is 2. The van der Waals surface area contributed by atoms with Crippen molar-refractivity contribution in [2.45, 2.75) is 63.3 Å². The minimum Gasteiger partial charge on any atom is -0.383 e. The number of ketones is 1. The number of hydrogen-bond donors (Lipinski definition) is 1. The van der Waals surface area contributed by atoms with Gasteiger partial charge in [0.25, 0.3) is 5.91 Å². The monoisotopic (exact) mass is 515 g/mol. The van der Waals surface area contributed by atoms with Crippen molar-refractivity contribution in [1.82, 2.24) is 15.1 Å². The summed E-state index contributed by atoms with van der Waals surface area (Å²) in [5, 5.41) is 2.95. The number of carbonyl (C=O) groups is 3. The molecule has 3 saturated heterocycles. The van der Waals surface area contributed by atoms with Crippen molar-refractivity contribution in [3.8, 4) is 0 Å². The maximum Gasteiger partial charge on any atom is 0.251 e. The summed E-state index contributed by atoms with van der Waals surface area (Å²) in [7, 11) is 3.29. The molecule has 1 aromatic rings. The van der Waals surface area contributed by atoms with Crippen LogP contribution in [-0.4, -0.2) is 105 Å². The van der Waals surface area contributed by atoms with Gasteiger partial charge in [0.2, 0.25) is 5.91 Å². The van der Waals surface area contributed by atoms with Crippen molar-refractivity contribution in [3.05, 3.63) is 35.4 Å². The number of nitrogens with one attached hydrogen (secondary N) is 1. The highest BCUT2D eigenvalue weighted by Gasteiger charge is 2.53. The predicted octanol–water partition coefficient (Wildman–Crippen LogP) is 1.85. The quantitative estimate of drug-likeness (QED) is 0.508. The first kappa shape index (κ1) is 27.7. The van der Waals surface area contributed by atoms with E-state index in [1.807, 2.05) is 38.1 Å². The zero-order valence-corrected chi connectivity index (χ0v) is 22.5. The van der Waals surface area contributed by atoms with E-state index in [0.29, 0.717) is 17.9 Å². The molecule has 1 unspecified atom stereocenters. The molecule has 1 N–H and O–H groups in total. The van der Waals surface area contributed by atoms with Crippen LogP contribution in [0.15, 0.2) is 24.3 Å². The molecular formula is C28H41N3O6. The van der Waals surface area contributed by atoms with Crippen LogP contribution >= 0.6 is 0 Å². The Morgan fingerprint density at radius 1 is 1.14 bits per heavy atom. The smallest absolute Gasteiger partial charge is 0.251 e. The number of piperidine rings is 1. The van der Waals surface area contributed by atoms with E-state index in [2.05, 4.69) is 10.2 Å². The van der Waals surface area contributed by atoms with Gasteiger partial charge < -0.3 is 29.3 Å². The van der Waals surface area contributed by atoms with Gasteiger partial charge in [-0.25, -0.2) is 0 Å². The number of carbonyl (C=O) groups excluding carboxylic acids is 3. The Balaban J connectivity index is 1.39. The van der Waals surface area contributed by atoms with Gasteiger partial charge in [-0.3, -0.25) is 14.4 Å². The van der Waals surface area contributed by atoms with E-state index in [0.717, 1.165) is 39.1 Å². The Morgan fingerprint density at radius 3 is 2.46 bits per heavy atom. The lowest BCUT2D eigenvalue weighted by atomic mass is 9.89. The summed E-state index contributed by atoms with van der Waals surface area (Å²) in [6.07, 6.45) is 1.85. The molecule has 2 amide bonds. The zero-order chi connectivity index (χ0) is 26.5. The van der Waals surface area contributed by atoms with Crippen molar-refractivity contribution < 1.29 is 28.6 Å². The number of methoxy groups -OCH3 is 2. The van der Waals surface area contributed by atoms with Gasteiger partial charge in [-0.2, -0.15) is 0 Å². The SMILES string of the molecule is COCCN1CCC(c2ccc(C(=O)NC(CC(C)C)C(=O)N3C[C@@H](OC)[C@H]4OCC(=O)[C@H]43)cc2)CC1. The van der Waals surface area contributed by atoms with Gasteiger partial charge in [-0.05, 0) is 61.9 Å². The molecule has 0 bridgehead atoms. The molecule has 0 radical (unpaired) electrons. The van der Waals surface area contributed by atoms with Crippen LogP contribution in [0.1, 0.15) is 54.9 Å². The summed E-state index contributed by atoms with van der Waals surface area (Å²) >= 11 is 0. The van der Waals surface area contributed by atoms with E-state index in [1.165, 1.54) is 5.56 Å². The summed E-state index contributed by atoms with van der Waals surface area (Å²) in [6, 6.07) is 6.39. The summed E-state index contributed by atoms with van der Waals surface area (Å²) < 4.78 is 16.3. The molecule has 3 heterocycles. The summed E-state index contributed by atoms with van der Waals surface area (Å²) in [5.41, 5.74) is 1.77. The lowest BCUT2D eigenvalue weighted by Gasteiger charge is -2.32. The van der Waals surface area contributed by atoms with Gasteiger partial charge in [0.1, 0.15) is 30.9 Å². The van der Waals surface area contributed by atoms with Crippen molar-refractivity contribution in [2.75, 3.05) is 53.6 Å².